The molecular formula is C11H18N2O3. The van der Waals surface area contributed by atoms with Crippen LogP contribution in [0.25, 0.3) is 0 Å². The molecule has 1 unspecified atom stereocenters. The van der Waals surface area contributed by atoms with Crippen molar-refractivity contribution in [3.05, 3.63) is 0 Å². The van der Waals surface area contributed by atoms with E-state index < -0.39 is 11.9 Å². The molecule has 1 saturated heterocycles. The van der Waals surface area contributed by atoms with Crippen LogP contribution in [-0.4, -0.2) is 23.8 Å². The summed E-state index contributed by atoms with van der Waals surface area (Å²) in [6.45, 7) is 3.89. The van der Waals surface area contributed by atoms with E-state index in [1.54, 1.807) is 0 Å². The molecule has 0 aromatic rings. The summed E-state index contributed by atoms with van der Waals surface area (Å²) in [5.41, 5.74) is 0. The molecule has 0 aliphatic carbocycles. The number of rotatable bonds is 4. The quantitative estimate of drug-likeness (QED) is 0.679. The first-order valence-electron chi connectivity index (χ1n) is 5.72. The fourth-order valence-electron chi connectivity index (χ4n) is 1.78. The fourth-order valence-corrected chi connectivity index (χ4v) is 1.78. The third-order valence-electron chi connectivity index (χ3n) is 2.91. The van der Waals surface area contributed by atoms with Crippen LogP contribution in [0.3, 0.4) is 0 Å². The molecule has 0 saturated carbocycles. The molecule has 1 rings (SSSR count). The van der Waals surface area contributed by atoms with Crippen molar-refractivity contribution in [2.75, 3.05) is 0 Å². The van der Waals surface area contributed by atoms with Gasteiger partial charge in [0.2, 0.25) is 17.7 Å². The molecular weight excluding hydrogens is 208 g/mol. The van der Waals surface area contributed by atoms with E-state index in [-0.39, 0.29) is 17.7 Å². The van der Waals surface area contributed by atoms with Gasteiger partial charge < -0.3 is 5.32 Å². The number of hydrogen-bond donors (Lipinski definition) is 2. The summed E-state index contributed by atoms with van der Waals surface area (Å²) in [7, 11) is 0. The van der Waals surface area contributed by atoms with Crippen LogP contribution in [-0.2, 0) is 14.4 Å². The molecule has 1 heterocycles. The fraction of sp³-hybridized carbons (Fsp3) is 0.727. The molecule has 0 radical (unpaired) electrons. The van der Waals surface area contributed by atoms with Crippen LogP contribution in [0.1, 0.15) is 39.5 Å². The number of carbonyl (C=O) groups is 3. The number of amides is 3. The van der Waals surface area contributed by atoms with E-state index in [2.05, 4.69) is 10.6 Å². The van der Waals surface area contributed by atoms with Crippen LogP contribution in [0.2, 0.25) is 0 Å². The molecule has 90 valence electrons. The lowest BCUT2D eigenvalue weighted by atomic mass is 10.0. The lowest BCUT2D eigenvalue weighted by Crippen LogP contribution is -2.53. The largest absolute Gasteiger partial charge is 0.344 e. The Labute approximate surface area is 95.0 Å². The SMILES string of the molecule is CCC(CC)C(=O)NC1CCC(=O)NC1=O. The van der Waals surface area contributed by atoms with Gasteiger partial charge in [0, 0.05) is 12.3 Å². The zero-order chi connectivity index (χ0) is 12.1. The van der Waals surface area contributed by atoms with Crippen molar-refractivity contribution < 1.29 is 14.4 Å². The summed E-state index contributed by atoms with van der Waals surface area (Å²) in [5, 5.41) is 4.91. The Kier molecular flexibility index (Phi) is 4.46. The van der Waals surface area contributed by atoms with Gasteiger partial charge in [-0.1, -0.05) is 13.8 Å². The maximum absolute atomic E-state index is 11.7. The Hall–Kier alpha value is -1.39. The molecule has 16 heavy (non-hydrogen) atoms. The molecule has 0 aromatic heterocycles. The molecule has 0 bridgehead atoms. The minimum absolute atomic E-state index is 0.0505. The van der Waals surface area contributed by atoms with E-state index in [9.17, 15) is 14.4 Å². The highest BCUT2D eigenvalue weighted by atomic mass is 16.2. The third-order valence-corrected chi connectivity index (χ3v) is 2.91. The van der Waals surface area contributed by atoms with Gasteiger partial charge in [0.15, 0.2) is 0 Å². The first-order chi connectivity index (χ1) is 7.58. The van der Waals surface area contributed by atoms with Crippen LogP contribution < -0.4 is 10.6 Å². The van der Waals surface area contributed by atoms with E-state index in [1.165, 1.54) is 0 Å². The van der Waals surface area contributed by atoms with Gasteiger partial charge in [0.1, 0.15) is 6.04 Å². The maximum Gasteiger partial charge on any atom is 0.249 e. The molecule has 5 nitrogen and oxygen atoms in total. The Balaban J connectivity index is 2.50. The second kappa shape index (κ2) is 5.63. The molecule has 1 fully saturated rings. The van der Waals surface area contributed by atoms with Crippen LogP contribution in [0.4, 0.5) is 0 Å². The van der Waals surface area contributed by atoms with Crippen LogP contribution in [0.5, 0.6) is 0 Å². The molecule has 3 amide bonds. The van der Waals surface area contributed by atoms with Crippen molar-refractivity contribution in [3.63, 3.8) is 0 Å². The standard InChI is InChI=1S/C11H18N2O3/c1-3-7(4-2)10(15)12-8-5-6-9(14)13-11(8)16/h7-8H,3-6H2,1-2H3,(H,12,15)(H,13,14,16). The average Bonchev–Trinajstić information content (AvgIpc) is 2.24. The smallest absolute Gasteiger partial charge is 0.249 e. The Morgan fingerprint density at radius 3 is 2.56 bits per heavy atom. The zero-order valence-electron chi connectivity index (χ0n) is 9.71. The van der Waals surface area contributed by atoms with Gasteiger partial charge >= 0.3 is 0 Å². The van der Waals surface area contributed by atoms with Gasteiger partial charge in [-0.3, -0.25) is 19.7 Å². The first kappa shape index (κ1) is 12.7. The van der Waals surface area contributed by atoms with Crippen LogP contribution in [0, 0.1) is 5.92 Å². The van der Waals surface area contributed by atoms with Crippen molar-refractivity contribution in [1.29, 1.82) is 0 Å². The molecule has 2 N–H and O–H groups in total. The van der Waals surface area contributed by atoms with Gasteiger partial charge in [0.05, 0.1) is 0 Å². The number of carbonyl (C=O) groups excluding carboxylic acids is 3. The Morgan fingerprint density at radius 2 is 2.06 bits per heavy atom. The summed E-state index contributed by atoms with van der Waals surface area (Å²) < 4.78 is 0. The molecule has 1 aliphatic rings. The minimum Gasteiger partial charge on any atom is -0.344 e. The summed E-state index contributed by atoms with van der Waals surface area (Å²) in [5.74, 6) is -0.807. The number of nitrogens with one attached hydrogen (secondary N) is 2. The predicted molar refractivity (Wildman–Crippen MR) is 58.4 cm³/mol. The summed E-state index contributed by atoms with van der Waals surface area (Å²) in [6.07, 6.45) is 2.21. The highest BCUT2D eigenvalue weighted by Gasteiger charge is 2.29. The zero-order valence-corrected chi connectivity index (χ0v) is 9.71. The third kappa shape index (κ3) is 3.05. The van der Waals surface area contributed by atoms with Crippen LogP contribution >= 0.6 is 0 Å². The monoisotopic (exact) mass is 226 g/mol. The molecule has 1 aliphatic heterocycles. The number of hydrogen-bond acceptors (Lipinski definition) is 3. The normalized spacial score (nSPS) is 20.8. The first-order valence-corrected chi connectivity index (χ1v) is 5.72. The lowest BCUT2D eigenvalue weighted by Gasteiger charge is -2.23. The minimum atomic E-state index is -0.550. The van der Waals surface area contributed by atoms with Crippen LogP contribution in [0.15, 0.2) is 0 Å². The lowest BCUT2D eigenvalue weighted by molar-refractivity contribution is -0.138. The van der Waals surface area contributed by atoms with Gasteiger partial charge in [0.25, 0.3) is 0 Å². The molecule has 1 atom stereocenters. The summed E-state index contributed by atoms with van der Waals surface area (Å²) in [4.78, 5) is 34.0. The van der Waals surface area contributed by atoms with Crippen molar-refractivity contribution in [2.24, 2.45) is 5.92 Å². The number of imide groups is 1. The summed E-state index contributed by atoms with van der Waals surface area (Å²) >= 11 is 0. The van der Waals surface area contributed by atoms with E-state index >= 15 is 0 Å². The average molecular weight is 226 g/mol. The maximum atomic E-state index is 11.7. The van der Waals surface area contributed by atoms with Crippen molar-refractivity contribution in [1.82, 2.24) is 10.6 Å². The van der Waals surface area contributed by atoms with Crippen molar-refractivity contribution in [2.45, 2.75) is 45.6 Å². The van der Waals surface area contributed by atoms with E-state index in [0.717, 1.165) is 12.8 Å². The van der Waals surface area contributed by atoms with E-state index in [0.29, 0.717) is 12.8 Å². The van der Waals surface area contributed by atoms with Crippen molar-refractivity contribution in [3.8, 4) is 0 Å². The highest BCUT2D eigenvalue weighted by Crippen LogP contribution is 2.10. The Morgan fingerprint density at radius 1 is 1.44 bits per heavy atom. The van der Waals surface area contributed by atoms with Gasteiger partial charge in [-0.2, -0.15) is 0 Å². The predicted octanol–water partition coefficient (Wildman–Crippen LogP) is 0.344. The molecule has 0 spiro atoms. The van der Waals surface area contributed by atoms with Gasteiger partial charge in [-0.25, -0.2) is 0 Å². The second-order valence-corrected chi connectivity index (χ2v) is 4.03. The highest BCUT2D eigenvalue weighted by molar-refractivity contribution is 6.01. The number of piperidine rings is 1. The molecule has 0 aromatic carbocycles. The van der Waals surface area contributed by atoms with E-state index in [4.69, 9.17) is 0 Å². The molecule has 5 heteroatoms. The topological polar surface area (TPSA) is 75.3 Å². The van der Waals surface area contributed by atoms with Gasteiger partial charge in [-0.05, 0) is 19.3 Å². The second-order valence-electron chi connectivity index (χ2n) is 4.03. The van der Waals surface area contributed by atoms with Crippen molar-refractivity contribution >= 4 is 17.7 Å². The Bertz CT molecular complexity index is 298. The van der Waals surface area contributed by atoms with E-state index in [1.807, 2.05) is 13.8 Å². The summed E-state index contributed by atoms with van der Waals surface area (Å²) in [6, 6.07) is -0.550. The van der Waals surface area contributed by atoms with Gasteiger partial charge in [-0.15, -0.1) is 0 Å².